The Bertz CT molecular complexity index is 491. The SMILES string of the molecule is Cc1ccc(N2CCN(c3ccc(C)cc3)C2)cc1. The van der Waals surface area contributed by atoms with E-state index in [1.165, 1.54) is 22.5 Å². The number of hydrogen-bond donors (Lipinski definition) is 0. The molecule has 0 aromatic heterocycles. The van der Waals surface area contributed by atoms with Crippen LogP contribution in [0.5, 0.6) is 0 Å². The molecule has 0 saturated carbocycles. The first-order chi connectivity index (χ1) is 9.22. The quantitative estimate of drug-likeness (QED) is 0.806. The van der Waals surface area contributed by atoms with Crippen molar-refractivity contribution in [1.82, 2.24) is 0 Å². The van der Waals surface area contributed by atoms with Crippen LogP contribution in [0.25, 0.3) is 0 Å². The molecule has 0 aliphatic carbocycles. The van der Waals surface area contributed by atoms with Gasteiger partial charge in [-0.25, -0.2) is 0 Å². The second kappa shape index (κ2) is 4.96. The van der Waals surface area contributed by atoms with E-state index >= 15 is 0 Å². The van der Waals surface area contributed by atoms with Crippen LogP contribution in [-0.2, 0) is 0 Å². The summed E-state index contributed by atoms with van der Waals surface area (Å²) in [6.07, 6.45) is 0. The van der Waals surface area contributed by atoms with Gasteiger partial charge in [-0.2, -0.15) is 0 Å². The summed E-state index contributed by atoms with van der Waals surface area (Å²) < 4.78 is 0. The Kier molecular flexibility index (Phi) is 3.16. The fourth-order valence-corrected chi connectivity index (χ4v) is 2.52. The van der Waals surface area contributed by atoms with Crippen molar-refractivity contribution in [3.63, 3.8) is 0 Å². The highest BCUT2D eigenvalue weighted by Gasteiger charge is 2.20. The summed E-state index contributed by atoms with van der Waals surface area (Å²) in [6, 6.07) is 17.6. The Hall–Kier alpha value is -1.96. The molecule has 0 radical (unpaired) electrons. The normalized spacial score (nSPS) is 15.1. The number of hydrogen-bond acceptors (Lipinski definition) is 2. The number of rotatable bonds is 2. The van der Waals surface area contributed by atoms with Gasteiger partial charge in [-0.15, -0.1) is 0 Å². The van der Waals surface area contributed by atoms with Gasteiger partial charge in [-0.3, -0.25) is 0 Å². The van der Waals surface area contributed by atoms with E-state index in [2.05, 4.69) is 72.2 Å². The van der Waals surface area contributed by atoms with Gasteiger partial charge >= 0.3 is 0 Å². The van der Waals surface area contributed by atoms with Crippen molar-refractivity contribution in [3.8, 4) is 0 Å². The Balaban J connectivity index is 1.73. The zero-order valence-electron chi connectivity index (χ0n) is 11.6. The fraction of sp³-hybridized carbons (Fsp3) is 0.294. The van der Waals surface area contributed by atoms with Crippen molar-refractivity contribution >= 4 is 11.4 Å². The summed E-state index contributed by atoms with van der Waals surface area (Å²) >= 11 is 0. The summed E-state index contributed by atoms with van der Waals surface area (Å²) in [4.78, 5) is 4.86. The lowest BCUT2D eigenvalue weighted by atomic mass is 10.2. The van der Waals surface area contributed by atoms with Gasteiger partial charge in [0.1, 0.15) is 0 Å². The Labute approximate surface area is 115 Å². The second-order valence-electron chi connectivity index (χ2n) is 5.34. The first-order valence-electron chi connectivity index (χ1n) is 6.85. The van der Waals surface area contributed by atoms with Crippen molar-refractivity contribution in [1.29, 1.82) is 0 Å². The second-order valence-corrected chi connectivity index (χ2v) is 5.34. The van der Waals surface area contributed by atoms with Gasteiger partial charge in [0, 0.05) is 24.5 Å². The first-order valence-corrected chi connectivity index (χ1v) is 6.85. The molecule has 0 N–H and O–H groups in total. The van der Waals surface area contributed by atoms with Crippen LogP contribution in [0.15, 0.2) is 48.5 Å². The molecule has 2 aromatic rings. The monoisotopic (exact) mass is 252 g/mol. The van der Waals surface area contributed by atoms with Gasteiger partial charge < -0.3 is 9.80 Å². The Morgan fingerprint density at radius 1 is 0.632 bits per heavy atom. The fourth-order valence-electron chi connectivity index (χ4n) is 2.52. The summed E-state index contributed by atoms with van der Waals surface area (Å²) in [5.41, 5.74) is 5.28. The van der Waals surface area contributed by atoms with E-state index in [0.717, 1.165) is 19.8 Å². The maximum absolute atomic E-state index is 2.43. The van der Waals surface area contributed by atoms with Crippen molar-refractivity contribution in [2.24, 2.45) is 0 Å². The lowest BCUT2D eigenvalue weighted by Crippen LogP contribution is -2.24. The minimum absolute atomic E-state index is 0.978. The topological polar surface area (TPSA) is 6.48 Å². The third-order valence-corrected chi connectivity index (χ3v) is 3.78. The van der Waals surface area contributed by atoms with E-state index < -0.39 is 0 Å². The summed E-state index contributed by atoms with van der Waals surface area (Å²) in [5, 5.41) is 0. The van der Waals surface area contributed by atoms with Crippen molar-refractivity contribution in [2.45, 2.75) is 13.8 Å². The van der Waals surface area contributed by atoms with Gasteiger partial charge in [0.2, 0.25) is 0 Å². The molecule has 1 aliphatic heterocycles. The zero-order valence-corrected chi connectivity index (χ0v) is 11.6. The number of benzene rings is 2. The van der Waals surface area contributed by atoms with E-state index in [0.29, 0.717) is 0 Å². The highest BCUT2D eigenvalue weighted by molar-refractivity contribution is 5.55. The molecular formula is C17H20N2. The molecule has 1 aliphatic rings. The maximum atomic E-state index is 2.43. The molecule has 0 atom stereocenters. The van der Waals surface area contributed by atoms with Crippen LogP contribution in [0.2, 0.25) is 0 Å². The standard InChI is InChI=1S/C17H20N2/c1-14-3-7-16(8-4-14)18-11-12-19(13-18)17-9-5-15(2)6-10-17/h3-10H,11-13H2,1-2H3. The Morgan fingerprint density at radius 2 is 1.00 bits per heavy atom. The van der Waals surface area contributed by atoms with Crippen LogP contribution < -0.4 is 9.80 Å². The highest BCUT2D eigenvalue weighted by atomic mass is 15.4. The number of anilines is 2. The molecule has 19 heavy (non-hydrogen) atoms. The predicted octanol–water partition coefficient (Wildman–Crippen LogP) is 3.59. The molecule has 2 nitrogen and oxygen atoms in total. The van der Waals surface area contributed by atoms with Gasteiger partial charge in [-0.1, -0.05) is 35.4 Å². The molecule has 0 unspecified atom stereocenters. The van der Waals surface area contributed by atoms with Crippen molar-refractivity contribution in [3.05, 3.63) is 59.7 Å². The lowest BCUT2D eigenvalue weighted by Gasteiger charge is -2.21. The molecule has 98 valence electrons. The summed E-state index contributed by atoms with van der Waals surface area (Å²) in [5.74, 6) is 0. The van der Waals surface area contributed by atoms with Gasteiger partial charge in [0.15, 0.2) is 0 Å². The molecule has 3 rings (SSSR count). The molecule has 0 amide bonds. The molecule has 2 aromatic carbocycles. The van der Waals surface area contributed by atoms with E-state index in [1.54, 1.807) is 0 Å². The third kappa shape index (κ3) is 2.58. The van der Waals surface area contributed by atoms with Crippen LogP contribution in [0.1, 0.15) is 11.1 Å². The minimum Gasteiger partial charge on any atom is -0.352 e. The largest absolute Gasteiger partial charge is 0.352 e. The molecule has 1 saturated heterocycles. The molecular weight excluding hydrogens is 232 g/mol. The van der Waals surface area contributed by atoms with Crippen LogP contribution in [0.3, 0.4) is 0 Å². The van der Waals surface area contributed by atoms with Crippen molar-refractivity contribution < 1.29 is 0 Å². The van der Waals surface area contributed by atoms with Gasteiger partial charge in [0.05, 0.1) is 6.67 Å². The third-order valence-electron chi connectivity index (χ3n) is 3.78. The smallest absolute Gasteiger partial charge is 0.0904 e. The van der Waals surface area contributed by atoms with Gasteiger partial charge in [-0.05, 0) is 38.1 Å². The average Bonchev–Trinajstić information content (AvgIpc) is 2.90. The molecule has 2 heteroatoms. The maximum Gasteiger partial charge on any atom is 0.0904 e. The number of aryl methyl sites for hydroxylation is 2. The summed E-state index contributed by atoms with van der Waals surface area (Å²) in [6.45, 7) is 7.43. The Morgan fingerprint density at radius 3 is 1.37 bits per heavy atom. The van der Waals surface area contributed by atoms with E-state index in [1.807, 2.05) is 0 Å². The molecule has 0 bridgehead atoms. The van der Waals surface area contributed by atoms with Crippen LogP contribution in [0.4, 0.5) is 11.4 Å². The van der Waals surface area contributed by atoms with E-state index in [-0.39, 0.29) is 0 Å². The van der Waals surface area contributed by atoms with E-state index in [9.17, 15) is 0 Å². The average molecular weight is 252 g/mol. The van der Waals surface area contributed by atoms with E-state index in [4.69, 9.17) is 0 Å². The van der Waals surface area contributed by atoms with Crippen LogP contribution in [0, 0.1) is 13.8 Å². The first kappa shape index (κ1) is 12.1. The predicted molar refractivity (Wildman–Crippen MR) is 81.9 cm³/mol. The van der Waals surface area contributed by atoms with Gasteiger partial charge in [0.25, 0.3) is 0 Å². The summed E-state index contributed by atoms with van der Waals surface area (Å²) in [7, 11) is 0. The molecule has 1 heterocycles. The number of nitrogens with zero attached hydrogens (tertiary/aromatic N) is 2. The van der Waals surface area contributed by atoms with Crippen LogP contribution in [-0.4, -0.2) is 19.8 Å². The zero-order chi connectivity index (χ0) is 13.2. The highest BCUT2D eigenvalue weighted by Crippen LogP contribution is 2.23. The van der Waals surface area contributed by atoms with Crippen LogP contribution >= 0.6 is 0 Å². The molecule has 1 fully saturated rings. The van der Waals surface area contributed by atoms with Crippen molar-refractivity contribution in [2.75, 3.05) is 29.6 Å². The molecule has 0 spiro atoms. The lowest BCUT2D eigenvalue weighted by molar-refractivity contribution is 0.949. The minimum atomic E-state index is 0.978.